The predicted octanol–water partition coefficient (Wildman–Crippen LogP) is 0.446. The molecule has 1 saturated heterocycles. The molecule has 0 aliphatic carbocycles. The van der Waals surface area contributed by atoms with E-state index >= 15 is 0 Å². The van der Waals surface area contributed by atoms with Crippen molar-refractivity contribution < 1.29 is 14.3 Å². The number of aliphatic imine (C=N–C) groups is 1. The SMILES string of the molecule is NC(N)=Nc1ccc(C(=O)Oc2ccc(C(=O)NCCN3CCNCC3)cc2)cc1. The molecule has 30 heavy (non-hydrogen) atoms. The van der Waals surface area contributed by atoms with Crippen molar-refractivity contribution in [1.82, 2.24) is 15.5 Å². The van der Waals surface area contributed by atoms with Gasteiger partial charge >= 0.3 is 5.97 Å². The highest BCUT2D eigenvalue weighted by Crippen LogP contribution is 2.17. The number of benzene rings is 2. The van der Waals surface area contributed by atoms with Crippen LogP contribution < -0.4 is 26.8 Å². The number of nitrogens with zero attached hydrogens (tertiary/aromatic N) is 2. The smallest absolute Gasteiger partial charge is 0.343 e. The van der Waals surface area contributed by atoms with Crippen molar-refractivity contribution in [2.75, 3.05) is 39.3 Å². The second-order valence-corrected chi connectivity index (χ2v) is 6.84. The lowest BCUT2D eigenvalue weighted by atomic mass is 10.2. The fourth-order valence-electron chi connectivity index (χ4n) is 3.03. The molecule has 1 amide bonds. The third-order valence-electron chi connectivity index (χ3n) is 4.61. The number of nitrogens with one attached hydrogen (secondary N) is 2. The van der Waals surface area contributed by atoms with Crippen molar-refractivity contribution in [3.63, 3.8) is 0 Å². The second-order valence-electron chi connectivity index (χ2n) is 6.84. The van der Waals surface area contributed by atoms with Gasteiger partial charge in [-0.25, -0.2) is 9.79 Å². The first-order valence-electron chi connectivity index (χ1n) is 9.74. The Labute approximate surface area is 175 Å². The number of nitrogens with two attached hydrogens (primary N) is 2. The highest BCUT2D eigenvalue weighted by atomic mass is 16.5. The van der Waals surface area contributed by atoms with E-state index in [0.29, 0.717) is 29.1 Å². The van der Waals surface area contributed by atoms with E-state index < -0.39 is 5.97 Å². The average molecular weight is 410 g/mol. The number of hydrogen-bond donors (Lipinski definition) is 4. The molecule has 0 radical (unpaired) electrons. The van der Waals surface area contributed by atoms with Gasteiger partial charge in [-0.05, 0) is 48.5 Å². The van der Waals surface area contributed by atoms with Crippen LogP contribution in [0.5, 0.6) is 5.75 Å². The number of esters is 1. The highest BCUT2D eigenvalue weighted by Gasteiger charge is 2.12. The normalized spacial score (nSPS) is 14.0. The Morgan fingerprint density at radius 2 is 1.63 bits per heavy atom. The third kappa shape index (κ3) is 6.29. The lowest BCUT2D eigenvalue weighted by Crippen LogP contribution is -2.46. The second kappa shape index (κ2) is 10.4. The van der Waals surface area contributed by atoms with Crippen molar-refractivity contribution in [2.45, 2.75) is 0 Å². The fraction of sp³-hybridized carbons (Fsp3) is 0.286. The van der Waals surface area contributed by atoms with E-state index in [1.54, 1.807) is 48.5 Å². The van der Waals surface area contributed by atoms with Gasteiger partial charge in [-0.1, -0.05) is 0 Å². The monoisotopic (exact) mass is 410 g/mol. The molecule has 0 bridgehead atoms. The molecule has 0 spiro atoms. The molecule has 9 nitrogen and oxygen atoms in total. The van der Waals surface area contributed by atoms with Gasteiger partial charge in [-0.15, -0.1) is 0 Å². The van der Waals surface area contributed by atoms with Crippen LogP contribution in [-0.4, -0.2) is 62.0 Å². The Kier molecular flexibility index (Phi) is 7.36. The third-order valence-corrected chi connectivity index (χ3v) is 4.61. The van der Waals surface area contributed by atoms with Gasteiger partial charge in [0.25, 0.3) is 5.91 Å². The van der Waals surface area contributed by atoms with Gasteiger partial charge in [0.2, 0.25) is 0 Å². The van der Waals surface area contributed by atoms with Crippen LogP contribution in [0.15, 0.2) is 53.5 Å². The van der Waals surface area contributed by atoms with E-state index in [2.05, 4.69) is 20.5 Å². The molecule has 1 fully saturated rings. The van der Waals surface area contributed by atoms with Crippen LogP contribution in [0.2, 0.25) is 0 Å². The first kappa shape index (κ1) is 21.3. The van der Waals surface area contributed by atoms with Crippen molar-refractivity contribution >= 4 is 23.5 Å². The Hall–Kier alpha value is -3.43. The molecule has 158 valence electrons. The maximum Gasteiger partial charge on any atom is 0.343 e. The van der Waals surface area contributed by atoms with Gasteiger partial charge in [0.05, 0.1) is 11.3 Å². The maximum absolute atomic E-state index is 12.3. The van der Waals surface area contributed by atoms with Gasteiger partial charge in [-0.2, -0.15) is 0 Å². The van der Waals surface area contributed by atoms with Crippen molar-refractivity contribution in [1.29, 1.82) is 0 Å². The summed E-state index contributed by atoms with van der Waals surface area (Å²) in [6, 6.07) is 12.8. The fourth-order valence-corrected chi connectivity index (χ4v) is 3.03. The highest BCUT2D eigenvalue weighted by molar-refractivity contribution is 5.95. The topological polar surface area (TPSA) is 135 Å². The molecular formula is C21H26N6O3. The molecule has 1 aliphatic rings. The van der Waals surface area contributed by atoms with Crippen LogP contribution in [0.1, 0.15) is 20.7 Å². The van der Waals surface area contributed by atoms with E-state index in [-0.39, 0.29) is 11.9 Å². The number of carbonyl (C=O) groups excluding carboxylic acids is 2. The zero-order chi connectivity index (χ0) is 21.3. The molecule has 0 atom stereocenters. The van der Waals surface area contributed by atoms with Crippen molar-refractivity contribution in [2.24, 2.45) is 16.5 Å². The first-order valence-corrected chi connectivity index (χ1v) is 9.74. The largest absolute Gasteiger partial charge is 0.423 e. The molecule has 1 aliphatic heterocycles. The Bertz CT molecular complexity index is 886. The standard InChI is InChI=1S/C21H26N6O3/c22-21(23)26-17-5-1-16(2-6-17)20(29)30-18-7-3-15(4-8-18)19(28)25-11-14-27-12-9-24-10-13-27/h1-8,24H,9-14H2,(H,25,28)(H4,22,23,26). The molecule has 6 N–H and O–H groups in total. The number of hydrogen-bond acceptors (Lipinski definition) is 6. The van der Waals surface area contributed by atoms with Gasteiger partial charge in [0.1, 0.15) is 5.75 Å². The van der Waals surface area contributed by atoms with E-state index in [1.807, 2.05) is 0 Å². The van der Waals surface area contributed by atoms with Gasteiger partial charge < -0.3 is 26.8 Å². The lowest BCUT2D eigenvalue weighted by Gasteiger charge is -2.27. The predicted molar refractivity (Wildman–Crippen MR) is 115 cm³/mol. The zero-order valence-electron chi connectivity index (χ0n) is 16.6. The number of rotatable bonds is 7. The van der Waals surface area contributed by atoms with Crippen LogP contribution in [0, 0.1) is 0 Å². The summed E-state index contributed by atoms with van der Waals surface area (Å²) in [5.41, 5.74) is 12.1. The Morgan fingerprint density at radius 1 is 1.00 bits per heavy atom. The summed E-state index contributed by atoms with van der Waals surface area (Å²) < 4.78 is 5.35. The van der Waals surface area contributed by atoms with Crippen LogP contribution in [-0.2, 0) is 0 Å². The molecule has 2 aromatic carbocycles. The van der Waals surface area contributed by atoms with Gasteiger partial charge in [-0.3, -0.25) is 9.69 Å². The van der Waals surface area contributed by atoms with Crippen molar-refractivity contribution in [3.8, 4) is 5.75 Å². The summed E-state index contributed by atoms with van der Waals surface area (Å²) in [5, 5.41) is 6.21. The quantitative estimate of drug-likeness (QED) is 0.225. The van der Waals surface area contributed by atoms with Crippen LogP contribution in [0.4, 0.5) is 5.69 Å². The molecule has 3 rings (SSSR count). The van der Waals surface area contributed by atoms with Crippen LogP contribution in [0.3, 0.4) is 0 Å². The van der Waals surface area contributed by atoms with E-state index in [0.717, 1.165) is 32.7 Å². The summed E-state index contributed by atoms with van der Waals surface area (Å²) in [6.45, 7) is 5.36. The molecule has 0 aromatic heterocycles. The summed E-state index contributed by atoms with van der Waals surface area (Å²) in [4.78, 5) is 30.7. The molecule has 0 unspecified atom stereocenters. The molecule has 2 aromatic rings. The number of piperazine rings is 1. The lowest BCUT2D eigenvalue weighted by molar-refractivity contribution is 0.0734. The molecular weight excluding hydrogens is 384 g/mol. The van der Waals surface area contributed by atoms with Gasteiger partial charge in [0, 0.05) is 44.8 Å². The van der Waals surface area contributed by atoms with Crippen molar-refractivity contribution in [3.05, 3.63) is 59.7 Å². The summed E-state index contributed by atoms with van der Waals surface area (Å²) in [6.07, 6.45) is 0. The zero-order valence-corrected chi connectivity index (χ0v) is 16.6. The minimum Gasteiger partial charge on any atom is -0.423 e. The molecule has 9 heteroatoms. The number of amides is 1. The minimum atomic E-state index is -0.514. The van der Waals surface area contributed by atoms with E-state index in [9.17, 15) is 9.59 Å². The molecule has 0 saturated carbocycles. The minimum absolute atomic E-state index is 0.0572. The average Bonchev–Trinajstić information content (AvgIpc) is 2.75. The number of carbonyl (C=O) groups is 2. The Morgan fingerprint density at radius 3 is 2.27 bits per heavy atom. The number of ether oxygens (including phenoxy) is 1. The van der Waals surface area contributed by atoms with Crippen LogP contribution in [0.25, 0.3) is 0 Å². The van der Waals surface area contributed by atoms with E-state index in [1.165, 1.54) is 0 Å². The molecule has 1 heterocycles. The van der Waals surface area contributed by atoms with Gasteiger partial charge in [0.15, 0.2) is 5.96 Å². The summed E-state index contributed by atoms with van der Waals surface area (Å²) >= 11 is 0. The summed E-state index contributed by atoms with van der Waals surface area (Å²) in [5.74, 6) is -0.373. The Balaban J connectivity index is 1.49. The first-order chi connectivity index (χ1) is 14.5. The summed E-state index contributed by atoms with van der Waals surface area (Å²) in [7, 11) is 0. The number of guanidine groups is 1. The van der Waals surface area contributed by atoms with E-state index in [4.69, 9.17) is 16.2 Å². The van der Waals surface area contributed by atoms with Crippen LogP contribution >= 0.6 is 0 Å². The maximum atomic E-state index is 12.3.